The lowest BCUT2D eigenvalue weighted by atomic mass is 10.2. The number of fused-ring (bicyclic) bond motifs is 1. The van der Waals surface area contributed by atoms with Crippen molar-refractivity contribution in [2.75, 3.05) is 0 Å². The predicted octanol–water partition coefficient (Wildman–Crippen LogP) is 2.68. The highest BCUT2D eigenvalue weighted by atomic mass is 32.1. The van der Waals surface area contributed by atoms with Crippen molar-refractivity contribution in [2.24, 2.45) is 0 Å². The molecule has 7 nitrogen and oxygen atoms in total. The van der Waals surface area contributed by atoms with E-state index in [1.54, 1.807) is 0 Å². The molecule has 0 atom stereocenters. The van der Waals surface area contributed by atoms with Crippen LogP contribution >= 0.6 is 11.3 Å². The topological polar surface area (TPSA) is 73.8 Å². The smallest absolute Gasteiger partial charge is 0.235 e. The summed E-state index contributed by atoms with van der Waals surface area (Å²) in [4.78, 5) is 0.823. The van der Waals surface area contributed by atoms with Gasteiger partial charge in [-0.15, -0.1) is 15.3 Å². The van der Waals surface area contributed by atoms with E-state index in [0.29, 0.717) is 12.5 Å². The van der Waals surface area contributed by atoms with E-state index in [1.807, 2.05) is 34.3 Å². The Hall–Kier alpha value is -2.61. The quantitative estimate of drug-likeness (QED) is 0.572. The highest BCUT2D eigenvalue weighted by Crippen LogP contribution is 2.39. The van der Waals surface area contributed by atoms with E-state index in [2.05, 4.69) is 37.7 Å². The Bertz CT molecular complexity index is 1010. The van der Waals surface area contributed by atoms with Gasteiger partial charge in [-0.2, -0.15) is 9.61 Å². The fourth-order valence-corrected chi connectivity index (χ4v) is 3.67. The van der Waals surface area contributed by atoms with Crippen LogP contribution in [0.4, 0.5) is 0 Å². The Morgan fingerprint density at radius 3 is 2.75 bits per heavy atom. The molecule has 4 aromatic rings. The van der Waals surface area contributed by atoms with Crippen molar-refractivity contribution in [2.45, 2.75) is 32.2 Å². The van der Waals surface area contributed by atoms with Crippen molar-refractivity contribution in [3.05, 3.63) is 47.4 Å². The van der Waals surface area contributed by atoms with Crippen molar-refractivity contribution in [1.29, 1.82) is 0 Å². The van der Waals surface area contributed by atoms with Gasteiger partial charge in [-0.25, -0.2) is 4.68 Å². The van der Waals surface area contributed by atoms with Gasteiger partial charge in [0.25, 0.3) is 0 Å². The summed E-state index contributed by atoms with van der Waals surface area (Å²) in [6.07, 6.45) is 2.36. The van der Waals surface area contributed by atoms with Crippen molar-refractivity contribution in [3.8, 4) is 10.7 Å². The van der Waals surface area contributed by atoms with Crippen LogP contribution in [0.2, 0.25) is 0 Å². The molecule has 1 saturated carbocycles. The highest BCUT2D eigenvalue weighted by Gasteiger charge is 2.30. The molecule has 0 amide bonds. The maximum absolute atomic E-state index is 4.68. The largest absolute Gasteiger partial charge is 0.245 e. The average Bonchev–Trinajstić information content (AvgIpc) is 3.08. The molecule has 8 heteroatoms. The van der Waals surface area contributed by atoms with Crippen LogP contribution in [-0.4, -0.2) is 34.8 Å². The molecule has 5 rings (SSSR count). The van der Waals surface area contributed by atoms with Crippen molar-refractivity contribution < 1.29 is 0 Å². The second kappa shape index (κ2) is 5.20. The molecule has 1 aliphatic rings. The Balaban J connectivity index is 1.51. The van der Waals surface area contributed by atoms with Gasteiger partial charge in [0.2, 0.25) is 4.96 Å². The Labute approximate surface area is 142 Å². The summed E-state index contributed by atoms with van der Waals surface area (Å²) in [6, 6.07) is 10.3. The molecule has 24 heavy (non-hydrogen) atoms. The van der Waals surface area contributed by atoms with E-state index < -0.39 is 0 Å². The van der Waals surface area contributed by atoms with Gasteiger partial charge in [-0.3, -0.25) is 0 Å². The summed E-state index contributed by atoms with van der Waals surface area (Å²) in [7, 11) is 0. The van der Waals surface area contributed by atoms with Crippen LogP contribution in [-0.2, 0) is 6.54 Å². The van der Waals surface area contributed by atoms with Crippen molar-refractivity contribution in [3.63, 3.8) is 0 Å². The molecule has 3 aromatic heterocycles. The average molecular weight is 337 g/mol. The maximum atomic E-state index is 4.68. The van der Waals surface area contributed by atoms with Crippen LogP contribution < -0.4 is 0 Å². The molecule has 0 spiro atoms. The first-order valence-electron chi connectivity index (χ1n) is 7.96. The van der Waals surface area contributed by atoms with Gasteiger partial charge in [0.05, 0.1) is 12.2 Å². The molecular formula is C16H15N7S. The molecule has 0 radical (unpaired) electrons. The van der Waals surface area contributed by atoms with E-state index in [9.17, 15) is 0 Å². The van der Waals surface area contributed by atoms with Gasteiger partial charge in [-0.1, -0.05) is 46.9 Å². The molecular weight excluding hydrogens is 322 g/mol. The second-order valence-corrected chi connectivity index (χ2v) is 7.06. The number of hydrogen-bond acceptors (Lipinski definition) is 6. The Morgan fingerprint density at radius 1 is 1.12 bits per heavy atom. The van der Waals surface area contributed by atoms with Crippen LogP contribution in [0.1, 0.15) is 35.8 Å². The summed E-state index contributed by atoms with van der Waals surface area (Å²) in [5.74, 6) is 1.49. The van der Waals surface area contributed by atoms with Gasteiger partial charge < -0.3 is 0 Å². The molecule has 1 aromatic carbocycles. The predicted molar refractivity (Wildman–Crippen MR) is 89.9 cm³/mol. The Morgan fingerprint density at radius 2 is 1.96 bits per heavy atom. The standard InChI is InChI=1S/C16H15N7S/c1-10-13(17-21-22(10)9-11-5-3-2-4-6-11)15-20-23-14(12-7-8-12)18-19-16(23)24-15/h2-6,12H,7-9H2,1H3. The fourth-order valence-electron chi connectivity index (χ4n) is 2.79. The molecule has 0 aliphatic heterocycles. The van der Waals surface area contributed by atoms with E-state index in [4.69, 9.17) is 0 Å². The summed E-state index contributed by atoms with van der Waals surface area (Å²) in [5.41, 5.74) is 3.03. The SMILES string of the molecule is Cc1c(-c2nn3c(C4CC4)nnc3s2)nnn1Cc1ccccc1. The first kappa shape index (κ1) is 13.8. The zero-order valence-corrected chi connectivity index (χ0v) is 13.9. The summed E-state index contributed by atoms with van der Waals surface area (Å²) in [6.45, 7) is 2.74. The van der Waals surface area contributed by atoms with E-state index in [1.165, 1.54) is 29.7 Å². The molecule has 0 unspecified atom stereocenters. The fraction of sp³-hybridized carbons (Fsp3) is 0.312. The number of rotatable bonds is 4. The van der Waals surface area contributed by atoms with Gasteiger partial charge in [0.15, 0.2) is 10.8 Å². The lowest BCUT2D eigenvalue weighted by molar-refractivity contribution is 0.633. The van der Waals surface area contributed by atoms with E-state index in [-0.39, 0.29) is 0 Å². The van der Waals surface area contributed by atoms with E-state index in [0.717, 1.165) is 27.2 Å². The van der Waals surface area contributed by atoms with Crippen LogP contribution in [0, 0.1) is 6.92 Å². The highest BCUT2D eigenvalue weighted by molar-refractivity contribution is 7.19. The van der Waals surface area contributed by atoms with Crippen molar-refractivity contribution >= 4 is 16.3 Å². The minimum absolute atomic E-state index is 0.518. The molecule has 0 N–H and O–H groups in total. The molecule has 1 aliphatic carbocycles. The Kier molecular flexibility index (Phi) is 2.99. The van der Waals surface area contributed by atoms with Crippen LogP contribution in [0.5, 0.6) is 0 Å². The van der Waals surface area contributed by atoms with Crippen LogP contribution in [0.25, 0.3) is 15.7 Å². The normalized spacial score (nSPS) is 14.5. The first-order valence-corrected chi connectivity index (χ1v) is 8.78. The number of aromatic nitrogens is 7. The minimum atomic E-state index is 0.518. The van der Waals surface area contributed by atoms with Crippen LogP contribution in [0.15, 0.2) is 30.3 Å². The lowest BCUT2D eigenvalue weighted by Gasteiger charge is -2.03. The van der Waals surface area contributed by atoms with Crippen molar-refractivity contribution in [1.82, 2.24) is 34.8 Å². The molecule has 0 bridgehead atoms. The van der Waals surface area contributed by atoms with Gasteiger partial charge in [-0.05, 0) is 25.3 Å². The third-order valence-electron chi connectivity index (χ3n) is 4.32. The summed E-state index contributed by atoms with van der Waals surface area (Å²) >= 11 is 1.51. The monoisotopic (exact) mass is 337 g/mol. The van der Waals surface area contributed by atoms with Gasteiger partial charge in [0.1, 0.15) is 5.69 Å². The number of benzene rings is 1. The zero-order valence-electron chi connectivity index (χ0n) is 13.1. The van der Waals surface area contributed by atoms with Crippen LogP contribution in [0.3, 0.4) is 0 Å². The number of nitrogens with zero attached hydrogens (tertiary/aromatic N) is 7. The summed E-state index contributed by atoms with van der Waals surface area (Å²) < 4.78 is 3.78. The third kappa shape index (κ3) is 2.22. The maximum Gasteiger partial charge on any atom is 0.235 e. The molecule has 0 saturated heterocycles. The molecule has 120 valence electrons. The molecule has 3 heterocycles. The van der Waals surface area contributed by atoms with E-state index >= 15 is 0 Å². The van der Waals surface area contributed by atoms with Gasteiger partial charge in [0, 0.05) is 5.92 Å². The molecule has 1 fully saturated rings. The van der Waals surface area contributed by atoms with Gasteiger partial charge >= 0.3 is 0 Å². The number of hydrogen-bond donors (Lipinski definition) is 0. The first-order chi connectivity index (χ1) is 11.8. The lowest BCUT2D eigenvalue weighted by Crippen LogP contribution is -2.03. The third-order valence-corrected chi connectivity index (χ3v) is 5.22. The summed E-state index contributed by atoms with van der Waals surface area (Å²) in [5, 5.41) is 22.7. The second-order valence-electron chi connectivity index (χ2n) is 6.10. The zero-order chi connectivity index (χ0) is 16.1. The minimum Gasteiger partial charge on any atom is -0.245 e.